The molecular weight excluding hydrogens is 302 g/mol. The average Bonchev–Trinajstić information content (AvgIpc) is 2.26. The molecule has 0 saturated carbocycles. The number of aromatic nitrogens is 1. The Hall–Kier alpha value is -1.26. The summed E-state index contributed by atoms with van der Waals surface area (Å²) in [7, 11) is 0. The second-order valence-corrected chi connectivity index (χ2v) is 4.96. The number of hydrogen-bond donors (Lipinski definition) is 2. The molecule has 2 rings (SSSR count). The minimum Gasteiger partial charge on any atom is -0.396 e. The molecule has 0 unspecified atom stereocenters. The van der Waals surface area contributed by atoms with E-state index in [1.807, 2.05) is 25.1 Å². The van der Waals surface area contributed by atoms with E-state index in [4.69, 9.17) is 17.3 Å². The van der Waals surface area contributed by atoms with E-state index in [0.29, 0.717) is 10.7 Å². The van der Waals surface area contributed by atoms with Gasteiger partial charge >= 0.3 is 0 Å². The van der Waals surface area contributed by atoms with Crippen molar-refractivity contribution in [3.8, 4) is 0 Å². The van der Waals surface area contributed by atoms with Crippen LogP contribution in [0.3, 0.4) is 0 Å². The Bertz CT molecular complexity index is 537. The number of nitrogens with one attached hydrogen (secondary N) is 1. The summed E-state index contributed by atoms with van der Waals surface area (Å²) in [5.41, 5.74) is 9.11. The number of nitrogens with zero attached hydrogens (tertiary/aromatic N) is 1. The second-order valence-electron chi connectivity index (χ2n) is 3.69. The van der Waals surface area contributed by atoms with Gasteiger partial charge in [0.15, 0.2) is 0 Å². The lowest BCUT2D eigenvalue weighted by Gasteiger charge is -2.12. The van der Waals surface area contributed by atoms with Gasteiger partial charge in [-0.25, -0.2) is 0 Å². The van der Waals surface area contributed by atoms with Crippen molar-refractivity contribution >= 4 is 44.6 Å². The Morgan fingerprint density at radius 2 is 2.12 bits per heavy atom. The molecule has 0 saturated heterocycles. The molecule has 0 aliphatic carbocycles. The highest BCUT2D eigenvalue weighted by atomic mass is 79.9. The molecule has 3 N–H and O–H groups in total. The molecule has 0 aliphatic rings. The summed E-state index contributed by atoms with van der Waals surface area (Å²) in [5.74, 6) is 0. The van der Waals surface area contributed by atoms with Gasteiger partial charge in [0.2, 0.25) is 0 Å². The normalized spacial score (nSPS) is 10.3. The molecule has 0 bridgehead atoms. The van der Waals surface area contributed by atoms with Gasteiger partial charge in [-0.1, -0.05) is 17.7 Å². The standard InChI is InChI=1S/C12H11BrClN3/c1-7-2-3-11(9(14)4-7)17-12-8(13)5-16-6-10(12)15/h2-6H,15H2,1H3,(H,16,17). The van der Waals surface area contributed by atoms with E-state index in [2.05, 4.69) is 26.2 Å². The highest BCUT2D eigenvalue weighted by Crippen LogP contribution is 2.33. The van der Waals surface area contributed by atoms with Crippen LogP contribution < -0.4 is 11.1 Å². The number of aryl methyl sites for hydroxylation is 1. The molecule has 1 aromatic heterocycles. The van der Waals surface area contributed by atoms with Gasteiger partial charge in [0.05, 0.1) is 32.8 Å². The molecule has 3 nitrogen and oxygen atoms in total. The van der Waals surface area contributed by atoms with Crippen molar-refractivity contribution in [2.45, 2.75) is 6.92 Å². The molecular formula is C12H11BrClN3. The number of anilines is 3. The van der Waals surface area contributed by atoms with Crippen molar-refractivity contribution in [2.24, 2.45) is 0 Å². The first kappa shape index (κ1) is 12.2. The topological polar surface area (TPSA) is 50.9 Å². The van der Waals surface area contributed by atoms with Crippen LogP contribution >= 0.6 is 27.5 Å². The fourth-order valence-corrected chi connectivity index (χ4v) is 2.17. The Morgan fingerprint density at radius 3 is 2.76 bits per heavy atom. The third-order valence-corrected chi connectivity index (χ3v) is 3.23. The van der Waals surface area contributed by atoms with Crippen molar-refractivity contribution in [1.29, 1.82) is 0 Å². The van der Waals surface area contributed by atoms with E-state index in [1.165, 1.54) is 0 Å². The Balaban J connectivity index is 2.38. The highest BCUT2D eigenvalue weighted by Gasteiger charge is 2.07. The van der Waals surface area contributed by atoms with Gasteiger partial charge in [-0.2, -0.15) is 0 Å². The monoisotopic (exact) mass is 311 g/mol. The second kappa shape index (κ2) is 4.94. The van der Waals surface area contributed by atoms with Gasteiger partial charge in [-0.15, -0.1) is 0 Å². The number of hydrogen-bond acceptors (Lipinski definition) is 3. The zero-order chi connectivity index (χ0) is 12.4. The lowest BCUT2D eigenvalue weighted by atomic mass is 10.2. The average molecular weight is 313 g/mol. The van der Waals surface area contributed by atoms with E-state index in [1.54, 1.807) is 12.4 Å². The molecule has 0 amide bonds. The number of halogens is 2. The van der Waals surface area contributed by atoms with Crippen LogP contribution in [0.2, 0.25) is 5.02 Å². The maximum Gasteiger partial charge on any atom is 0.0794 e. The van der Waals surface area contributed by atoms with Gasteiger partial charge in [-0.05, 0) is 40.5 Å². The maximum atomic E-state index is 6.15. The number of nitrogen functional groups attached to an aromatic ring is 1. The number of rotatable bonds is 2. The van der Waals surface area contributed by atoms with Crippen LogP contribution in [0.25, 0.3) is 0 Å². The highest BCUT2D eigenvalue weighted by molar-refractivity contribution is 9.10. The van der Waals surface area contributed by atoms with E-state index in [-0.39, 0.29) is 0 Å². The number of benzene rings is 1. The van der Waals surface area contributed by atoms with Crippen molar-refractivity contribution in [1.82, 2.24) is 4.98 Å². The van der Waals surface area contributed by atoms with E-state index >= 15 is 0 Å². The van der Waals surface area contributed by atoms with Gasteiger partial charge in [0, 0.05) is 6.20 Å². The van der Waals surface area contributed by atoms with Gasteiger partial charge in [0.25, 0.3) is 0 Å². The minimum absolute atomic E-state index is 0.566. The first-order valence-electron chi connectivity index (χ1n) is 5.00. The molecule has 88 valence electrons. The van der Waals surface area contributed by atoms with Crippen LogP contribution in [0.1, 0.15) is 5.56 Å². The third kappa shape index (κ3) is 2.70. The number of pyridine rings is 1. The minimum atomic E-state index is 0.566. The molecule has 17 heavy (non-hydrogen) atoms. The molecule has 5 heteroatoms. The third-order valence-electron chi connectivity index (χ3n) is 2.31. The number of nitrogens with two attached hydrogens (primary N) is 1. The summed E-state index contributed by atoms with van der Waals surface area (Å²) in [6, 6.07) is 5.80. The Morgan fingerprint density at radius 1 is 1.35 bits per heavy atom. The first-order valence-corrected chi connectivity index (χ1v) is 6.17. The summed E-state index contributed by atoms with van der Waals surface area (Å²) >= 11 is 9.55. The fraction of sp³-hybridized carbons (Fsp3) is 0.0833. The van der Waals surface area contributed by atoms with Gasteiger partial charge in [0.1, 0.15) is 0 Å². The molecule has 0 radical (unpaired) electrons. The quantitative estimate of drug-likeness (QED) is 0.876. The molecule has 0 spiro atoms. The van der Waals surface area contributed by atoms with Crippen molar-refractivity contribution in [3.63, 3.8) is 0 Å². The zero-order valence-corrected chi connectivity index (χ0v) is 11.5. The molecule has 0 fully saturated rings. The van der Waals surface area contributed by atoms with Gasteiger partial charge in [-0.3, -0.25) is 4.98 Å². The van der Waals surface area contributed by atoms with E-state index < -0.39 is 0 Å². The predicted molar refractivity (Wildman–Crippen MR) is 75.8 cm³/mol. The van der Waals surface area contributed by atoms with Crippen LogP contribution in [0.4, 0.5) is 17.1 Å². The predicted octanol–water partition coefficient (Wildman–Crippen LogP) is 4.13. The SMILES string of the molecule is Cc1ccc(Nc2c(N)cncc2Br)c(Cl)c1. The summed E-state index contributed by atoms with van der Waals surface area (Å²) in [6.07, 6.45) is 3.27. The van der Waals surface area contributed by atoms with Crippen LogP contribution in [-0.2, 0) is 0 Å². The lowest BCUT2D eigenvalue weighted by Crippen LogP contribution is -1.98. The Labute approximate surface area is 113 Å². The maximum absolute atomic E-state index is 6.15. The van der Waals surface area contributed by atoms with E-state index in [0.717, 1.165) is 21.4 Å². The van der Waals surface area contributed by atoms with Crippen molar-refractivity contribution in [2.75, 3.05) is 11.1 Å². The summed E-state index contributed by atoms with van der Waals surface area (Å²) < 4.78 is 0.800. The molecule has 1 heterocycles. The van der Waals surface area contributed by atoms with Crippen LogP contribution in [0.5, 0.6) is 0 Å². The van der Waals surface area contributed by atoms with Crippen LogP contribution in [-0.4, -0.2) is 4.98 Å². The van der Waals surface area contributed by atoms with Crippen molar-refractivity contribution in [3.05, 3.63) is 45.7 Å². The summed E-state index contributed by atoms with van der Waals surface area (Å²) in [4.78, 5) is 3.98. The smallest absolute Gasteiger partial charge is 0.0794 e. The zero-order valence-electron chi connectivity index (χ0n) is 9.17. The summed E-state index contributed by atoms with van der Waals surface area (Å²) in [5, 5.41) is 3.85. The Kier molecular flexibility index (Phi) is 3.54. The molecule has 2 aromatic rings. The first-order chi connectivity index (χ1) is 8.08. The van der Waals surface area contributed by atoms with Gasteiger partial charge < -0.3 is 11.1 Å². The van der Waals surface area contributed by atoms with Crippen LogP contribution in [0, 0.1) is 6.92 Å². The lowest BCUT2D eigenvalue weighted by molar-refractivity contribution is 1.31. The van der Waals surface area contributed by atoms with E-state index in [9.17, 15) is 0 Å². The molecule has 0 atom stereocenters. The fourth-order valence-electron chi connectivity index (χ4n) is 1.44. The summed E-state index contributed by atoms with van der Waals surface area (Å²) in [6.45, 7) is 1.99. The van der Waals surface area contributed by atoms with Crippen LogP contribution in [0.15, 0.2) is 35.1 Å². The van der Waals surface area contributed by atoms with Crippen molar-refractivity contribution < 1.29 is 0 Å². The molecule has 0 aliphatic heterocycles. The molecule has 1 aromatic carbocycles. The largest absolute Gasteiger partial charge is 0.396 e.